The van der Waals surface area contributed by atoms with Gasteiger partial charge in [-0.2, -0.15) is 0 Å². The Kier molecular flexibility index (Phi) is 6.25. The molecule has 1 aliphatic heterocycles. The van der Waals surface area contributed by atoms with Crippen molar-refractivity contribution >= 4 is 22.9 Å². The van der Waals surface area contributed by atoms with Crippen LogP contribution in [0, 0.1) is 5.92 Å². The van der Waals surface area contributed by atoms with E-state index < -0.39 is 35.4 Å². The van der Waals surface area contributed by atoms with Crippen LogP contribution in [-0.2, 0) is 19.1 Å². The standard InChI is InChI=1S/C24H28O7/c1-7-13(3)22(26)29-20-18-16(11-9-15-10-12-17(25)28-19(15)18)31-24(5,6)21(20)30-23(27)14(4)8-2/h8-13,20-21H,7H2,1-6H3/b14-8-/t13-,20-,21-/m1/s1. The Hall–Kier alpha value is -3.09. The predicted octanol–water partition coefficient (Wildman–Crippen LogP) is 4.47. The highest BCUT2D eigenvalue weighted by molar-refractivity contribution is 5.88. The van der Waals surface area contributed by atoms with E-state index >= 15 is 0 Å². The van der Waals surface area contributed by atoms with Crippen LogP contribution in [0.4, 0.5) is 0 Å². The summed E-state index contributed by atoms with van der Waals surface area (Å²) in [6.45, 7) is 10.5. The minimum Gasteiger partial charge on any atom is -0.483 e. The van der Waals surface area contributed by atoms with Crippen molar-refractivity contribution in [3.05, 3.63) is 51.9 Å². The Balaban J connectivity index is 2.21. The fourth-order valence-electron chi connectivity index (χ4n) is 3.41. The van der Waals surface area contributed by atoms with Gasteiger partial charge in [-0.15, -0.1) is 0 Å². The van der Waals surface area contributed by atoms with Crippen molar-refractivity contribution in [1.82, 2.24) is 0 Å². The van der Waals surface area contributed by atoms with Crippen molar-refractivity contribution < 1.29 is 28.2 Å². The zero-order chi connectivity index (χ0) is 22.9. The van der Waals surface area contributed by atoms with Gasteiger partial charge in [-0.3, -0.25) is 4.79 Å². The number of allylic oxidation sites excluding steroid dienone is 1. The summed E-state index contributed by atoms with van der Waals surface area (Å²) in [5.41, 5.74) is -0.526. The Morgan fingerprint density at radius 2 is 1.87 bits per heavy atom. The summed E-state index contributed by atoms with van der Waals surface area (Å²) in [4.78, 5) is 37.4. The van der Waals surface area contributed by atoms with Crippen molar-refractivity contribution in [1.29, 1.82) is 0 Å². The van der Waals surface area contributed by atoms with Crippen LogP contribution in [0.2, 0.25) is 0 Å². The van der Waals surface area contributed by atoms with Crippen LogP contribution < -0.4 is 10.4 Å². The molecule has 0 bridgehead atoms. The number of hydrogen-bond acceptors (Lipinski definition) is 7. The number of benzene rings is 1. The number of esters is 2. The number of rotatable bonds is 5. The number of carbonyl (C=O) groups is 2. The molecule has 0 fully saturated rings. The van der Waals surface area contributed by atoms with Crippen molar-refractivity contribution in [3.8, 4) is 5.75 Å². The van der Waals surface area contributed by atoms with Gasteiger partial charge < -0.3 is 18.6 Å². The van der Waals surface area contributed by atoms with Gasteiger partial charge in [0.25, 0.3) is 0 Å². The van der Waals surface area contributed by atoms with Crippen molar-refractivity contribution in [2.24, 2.45) is 5.92 Å². The van der Waals surface area contributed by atoms with Gasteiger partial charge in [0.2, 0.25) is 0 Å². The summed E-state index contributed by atoms with van der Waals surface area (Å²) in [7, 11) is 0. The zero-order valence-electron chi connectivity index (χ0n) is 18.7. The maximum absolute atomic E-state index is 12.8. The fraction of sp³-hybridized carbons (Fsp3) is 0.458. The molecule has 1 aromatic heterocycles. The smallest absolute Gasteiger partial charge is 0.336 e. The summed E-state index contributed by atoms with van der Waals surface area (Å²) in [5.74, 6) is -0.928. The monoisotopic (exact) mass is 428 g/mol. The molecule has 2 heterocycles. The molecular formula is C24H28O7. The molecule has 1 aliphatic rings. The fourth-order valence-corrected chi connectivity index (χ4v) is 3.41. The Labute approximate surface area is 181 Å². The Bertz CT molecular complexity index is 1090. The second kappa shape index (κ2) is 8.57. The van der Waals surface area contributed by atoms with E-state index in [1.165, 1.54) is 6.07 Å². The molecular weight excluding hydrogens is 400 g/mol. The molecule has 166 valence electrons. The molecule has 0 amide bonds. The van der Waals surface area contributed by atoms with Crippen LogP contribution in [-0.4, -0.2) is 23.6 Å². The van der Waals surface area contributed by atoms with Gasteiger partial charge in [0.15, 0.2) is 12.2 Å². The molecule has 0 N–H and O–H groups in total. The lowest BCUT2D eigenvalue weighted by atomic mass is 9.87. The summed E-state index contributed by atoms with van der Waals surface area (Å²) in [6.07, 6.45) is 0.252. The lowest BCUT2D eigenvalue weighted by Crippen LogP contribution is -2.52. The molecule has 0 saturated heterocycles. The van der Waals surface area contributed by atoms with E-state index in [1.54, 1.807) is 58.9 Å². The number of hydrogen-bond donors (Lipinski definition) is 0. The molecule has 0 aliphatic carbocycles. The molecule has 1 aromatic carbocycles. The van der Waals surface area contributed by atoms with Crippen molar-refractivity contribution in [2.75, 3.05) is 0 Å². The molecule has 0 saturated carbocycles. The summed E-state index contributed by atoms with van der Waals surface area (Å²) >= 11 is 0. The highest BCUT2D eigenvalue weighted by Crippen LogP contribution is 2.46. The molecule has 0 spiro atoms. The molecule has 3 atom stereocenters. The minimum atomic E-state index is -1.01. The Morgan fingerprint density at radius 3 is 2.52 bits per heavy atom. The third-order valence-electron chi connectivity index (χ3n) is 5.65. The largest absolute Gasteiger partial charge is 0.483 e. The maximum Gasteiger partial charge on any atom is 0.336 e. The van der Waals surface area contributed by atoms with Gasteiger partial charge in [0, 0.05) is 17.0 Å². The first-order valence-electron chi connectivity index (χ1n) is 10.4. The summed E-state index contributed by atoms with van der Waals surface area (Å²) in [6, 6.07) is 6.44. The van der Waals surface area contributed by atoms with E-state index in [9.17, 15) is 14.4 Å². The van der Waals surface area contributed by atoms with Crippen LogP contribution in [0.1, 0.15) is 59.6 Å². The second-order valence-electron chi connectivity index (χ2n) is 8.32. The van der Waals surface area contributed by atoms with Gasteiger partial charge in [-0.25, -0.2) is 9.59 Å². The third-order valence-corrected chi connectivity index (χ3v) is 5.65. The molecule has 0 radical (unpaired) electrons. The maximum atomic E-state index is 12.8. The van der Waals surface area contributed by atoms with Gasteiger partial charge in [-0.1, -0.05) is 19.9 Å². The van der Waals surface area contributed by atoms with Gasteiger partial charge in [0.05, 0.1) is 11.5 Å². The first-order chi connectivity index (χ1) is 14.6. The highest BCUT2D eigenvalue weighted by Gasteiger charge is 2.50. The van der Waals surface area contributed by atoms with E-state index in [4.69, 9.17) is 18.6 Å². The molecule has 31 heavy (non-hydrogen) atoms. The summed E-state index contributed by atoms with van der Waals surface area (Å²) < 4.78 is 23.3. The summed E-state index contributed by atoms with van der Waals surface area (Å²) in [5, 5.41) is 0.640. The van der Waals surface area contributed by atoms with E-state index in [1.807, 2.05) is 6.92 Å². The van der Waals surface area contributed by atoms with Gasteiger partial charge in [0.1, 0.15) is 16.9 Å². The Morgan fingerprint density at radius 1 is 1.19 bits per heavy atom. The molecule has 3 rings (SSSR count). The first kappa shape index (κ1) is 22.6. The lowest BCUT2D eigenvalue weighted by Gasteiger charge is -2.43. The quantitative estimate of drug-likeness (QED) is 0.394. The van der Waals surface area contributed by atoms with E-state index in [0.717, 1.165) is 0 Å². The molecule has 0 unspecified atom stereocenters. The zero-order valence-corrected chi connectivity index (χ0v) is 18.7. The van der Waals surface area contributed by atoms with Crippen molar-refractivity contribution in [3.63, 3.8) is 0 Å². The van der Waals surface area contributed by atoms with Gasteiger partial charge >= 0.3 is 17.6 Å². The molecule has 2 aromatic rings. The molecule has 7 heteroatoms. The number of fused-ring (bicyclic) bond motifs is 3. The van der Waals surface area contributed by atoms with Crippen LogP contribution in [0.5, 0.6) is 5.75 Å². The average Bonchev–Trinajstić information content (AvgIpc) is 2.73. The van der Waals surface area contributed by atoms with E-state index in [0.29, 0.717) is 28.7 Å². The SMILES string of the molecule is C/C=C(/C)C(=O)O[C@@H]1[C@H](OC(=O)[C@H](C)CC)c2c(ccc3ccc(=O)oc23)OC1(C)C. The van der Waals surface area contributed by atoms with Crippen LogP contribution in [0.3, 0.4) is 0 Å². The average molecular weight is 428 g/mol. The van der Waals surface area contributed by atoms with Crippen molar-refractivity contribution in [2.45, 2.75) is 65.8 Å². The van der Waals surface area contributed by atoms with Crippen LogP contribution in [0.15, 0.2) is 45.1 Å². The topological polar surface area (TPSA) is 92.0 Å². The normalized spacial score (nSPS) is 21.0. The van der Waals surface area contributed by atoms with E-state index in [2.05, 4.69) is 0 Å². The predicted molar refractivity (Wildman–Crippen MR) is 115 cm³/mol. The minimum absolute atomic E-state index is 0.242. The van der Waals surface area contributed by atoms with E-state index in [-0.39, 0.29) is 11.5 Å². The number of carbonyl (C=O) groups excluding carboxylic acids is 2. The second-order valence-corrected chi connectivity index (χ2v) is 8.32. The number of ether oxygens (including phenoxy) is 3. The lowest BCUT2D eigenvalue weighted by molar-refractivity contribution is -0.189. The van der Waals surface area contributed by atoms with Gasteiger partial charge in [-0.05, 0) is 52.3 Å². The highest BCUT2D eigenvalue weighted by atomic mass is 16.6. The van der Waals surface area contributed by atoms with Crippen LogP contribution in [0.25, 0.3) is 11.0 Å². The first-order valence-corrected chi connectivity index (χ1v) is 10.4. The third kappa shape index (κ3) is 4.36. The van der Waals surface area contributed by atoms with Crippen LogP contribution >= 0.6 is 0 Å². The molecule has 7 nitrogen and oxygen atoms in total.